The smallest absolute Gasteiger partial charge is 0.243 e. The number of amidine groups is 1. The summed E-state index contributed by atoms with van der Waals surface area (Å²) in [5.41, 5.74) is 6.87. The highest BCUT2D eigenvalue weighted by Crippen LogP contribution is 2.19. The number of rotatable bonds is 10. The lowest BCUT2D eigenvalue weighted by Gasteiger charge is -2.24. The molecule has 5 N–H and O–H groups in total. The topological polar surface area (TPSA) is 155 Å². The Kier molecular flexibility index (Phi) is 8.24. The zero-order chi connectivity index (χ0) is 24.7. The molecule has 0 bridgehead atoms. The minimum Gasteiger partial charge on any atom is -0.494 e. The summed E-state index contributed by atoms with van der Waals surface area (Å²) in [5.74, 6) is -0.235. The number of carbonyl (C=O) groups is 2. The second-order valence-corrected chi connectivity index (χ2v) is 9.57. The van der Waals surface area contributed by atoms with Gasteiger partial charge < -0.3 is 20.7 Å². The largest absolute Gasteiger partial charge is 0.494 e. The summed E-state index contributed by atoms with van der Waals surface area (Å²) >= 11 is 0. The molecule has 1 fully saturated rings. The van der Waals surface area contributed by atoms with Gasteiger partial charge in [0.25, 0.3) is 0 Å². The predicted molar refractivity (Wildman–Crippen MR) is 127 cm³/mol. The van der Waals surface area contributed by atoms with E-state index in [0.717, 1.165) is 5.56 Å². The van der Waals surface area contributed by atoms with Gasteiger partial charge in [0.05, 0.1) is 18.0 Å². The van der Waals surface area contributed by atoms with Crippen LogP contribution in [-0.2, 0) is 26.2 Å². The van der Waals surface area contributed by atoms with Crippen LogP contribution >= 0.6 is 0 Å². The van der Waals surface area contributed by atoms with Gasteiger partial charge in [0.2, 0.25) is 21.8 Å². The highest BCUT2D eigenvalue weighted by atomic mass is 32.2. The van der Waals surface area contributed by atoms with Crippen LogP contribution in [0.3, 0.4) is 0 Å². The molecule has 0 spiro atoms. The first-order valence-corrected chi connectivity index (χ1v) is 12.4. The molecular formula is C23H29N5O5S. The minimum absolute atomic E-state index is 0.0234. The van der Waals surface area contributed by atoms with E-state index in [-0.39, 0.29) is 23.2 Å². The van der Waals surface area contributed by atoms with Crippen LogP contribution in [0.25, 0.3) is 0 Å². The van der Waals surface area contributed by atoms with Crippen molar-refractivity contribution < 1.29 is 22.7 Å². The Morgan fingerprint density at radius 2 is 1.82 bits per heavy atom. The van der Waals surface area contributed by atoms with Gasteiger partial charge in [0, 0.05) is 18.7 Å². The number of amides is 2. The van der Waals surface area contributed by atoms with Crippen molar-refractivity contribution in [3.05, 3.63) is 59.7 Å². The fraction of sp³-hybridized carbons (Fsp3) is 0.348. The second kappa shape index (κ2) is 11.1. The van der Waals surface area contributed by atoms with Crippen molar-refractivity contribution in [2.24, 2.45) is 5.73 Å². The van der Waals surface area contributed by atoms with E-state index in [1.165, 1.54) is 17.0 Å². The lowest BCUT2D eigenvalue weighted by atomic mass is 10.1. The second-order valence-electron chi connectivity index (χ2n) is 7.80. The lowest BCUT2D eigenvalue weighted by Crippen LogP contribution is -2.48. The molecule has 1 saturated heterocycles. The molecule has 1 aliphatic heterocycles. The van der Waals surface area contributed by atoms with Gasteiger partial charge in [0.15, 0.2) is 0 Å². The maximum absolute atomic E-state index is 12.7. The van der Waals surface area contributed by atoms with E-state index in [1.807, 2.05) is 6.92 Å². The van der Waals surface area contributed by atoms with Gasteiger partial charge in [-0.05, 0) is 49.6 Å². The molecule has 3 rings (SSSR count). The SMILES string of the molecule is CCOc1ccc(S(=O)(=O)NCC(=O)N2CCC[C@H]2C(=O)NCc2ccc(C(=N)N)cc2)cc1. The van der Waals surface area contributed by atoms with Crippen LogP contribution in [0, 0.1) is 5.41 Å². The number of nitrogens with two attached hydrogens (primary N) is 1. The maximum Gasteiger partial charge on any atom is 0.243 e. The lowest BCUT2D eigenvalue weighted by molar-refractivity contribution is -0.137. The molecule has 0 saturated carbocycles. The summed E-state index contributed by atoms with van der Waals surface area (Å²) in [5, 5.41) is 10.2. The third-order valence-electron chi connectivity index (χ3n) is 5.47. The quantitative estimate of drug-likeness (QED) is 0.289. The summed E-state index contributed by atoms with van der Waals surface area (Å²) < 4.78 is 32.7. The normalized spacial score (nSPS) is 15.7. The van der Waals surface area contributed by atoms with Gasteiger partial charge in [-0.2, -0.15) is 0 Å². The van der Waals surface area contributed by atoms with Crippen LogP contribution in [0.1, 0.15) is 30.9 Å². The van der Waals surface area contributed by atoms with Crippen molar-refractivity contribution in [2.75, 3.05) is 19.7 Å². The van der Waals surface area contributed by atoms with Crippen LogP contribution in [0.2, 0.25) is 0 Å². The zero-order valence-corrected chi connectivity index (χ0v) is 19.7. The molecule has 182 valence electrons. The Hall–Kier alpha value is -3.44. The van der Waals surface area contributed by atoms with Gasteiger partial charge in [-0.25, -0.2) is 13.1 Å². The molecule has 1 aliphatic rings. The van der Waals surface area contributed by atoms with Crippen molar-refractivity contribution in [3.63, 3.8) is 0 Å². The van der Waals surface area contributed by atoms with Gasteiger partial charge in [0.1, 0.15) is 17.6 Å². The average Bonchev–Trinajstić information content (AvgIpc) is 3.32. The van der Waals surface area contributed by atoms with Crippen LogP contribution in [0.15, 0.2) is 53.4 Å². The van der Waals surface area contributed by atoms with Crippen molar-refractivity contribution in [3.8, 4) is 5.75 Å². The average molecular weight is 488 g/mol. The van der Waals surface area contributed by atoms with E-state index in [2.05, 4.69) is 10.0 Å². The Morgan fingerprint density at radius 3 is 2.44 bits per heavy atom. The van der Waals surface area contributed by atoms with Crippen LogP contribution in [-0.4, -0.2) is 56.7 Å². The van der Waals surface area contributed by atoms with Crippen molar-refractivity contribution in [2.45, 2.75) is 37.2 Å². The van der Waals surface area contributed by atoms with Crippen LogP contribution in [0.4, 0.5) is 0 Å². The molecule has 0 radical (unpaired) electrons. The standard InChI is InChI=1S/C23H29N5O5S/c1-2-33-18-9-11-19(12-10-18)34(31,32)27-15-21(29)28-13-3-4-20(28)23(30)26-14-16-5-7-17(8-6-16)22(24)25/h5-12,20,27H,2-4,13-15H2,1H3,(H3,24,25)(H,26,30)/t20-/m0/s1. The van der Waals surface area contributed by atoms with Gasteiger partial charge in [-0.1, -0.05) is 24.3 Å². The van der Waals surface area contributed by atoms with E-state index in [0.29, 0.717) is 37.3 Å². The summed E-state index contributed by atoms with van der Waals surface area (Å²) in [4.78, 5) is 26.9. The number of hydrogen-bond acceptors (Lipinski definition) is 6. The highest BCUT2D eigenvalue weighted by Gasteiger charge is 2.34. The molecule has 1 atom stereocenters. The third-order valence-corrected chi connectivity index (χ3v) is 6.88. The van der Waals surface area contributed by atoms with E-state index in [4.69, 9.17) is 15.9 Å². The fourth-order valence-corrected chi connectivity index (χ4v) is 4.64. The van der Waals surface area contributed by atoms with Crippen LogP contribution in [0.5, 0.6) is 5.75 Å². The Bertz CT molecular complexity index is 1130. The monoisotopic (exact) mass is 487 g/mol. The first-order valence-electron chi connectivity index (χ1n) is 10.9. The number of sulfonamides is 1. The van der Waals surface area contributed by atoms with Crippen molar-refractivity contribution in [1.82, 2.24) is 14.9 Å². The number of nitrogens with one attached hydrogen (secondary N) is 3. The highest BCUT2D eigenvalue weighted by molar-refractivity contribution is 7.89. The molecule has 0 aliphatic carbocycles. The Labute approximate surface area is 199 Å². The molecule has 2 aromatic rings. The predicted octanol–water partition coefficient (Wildman–Crippen LogP) is 0.955. The number of nitrogen functional groups attached to an aromatic ring is 1. The number of likely N-dealkylation sites (tertiary alicyclic amines) is 1. The molecule has 1 heterocycles. The van der Waals surface area contributed by atoms with Crippen LogP contribution < -0.4 is 20.5 Å². The van der Waals surface area contributed by atoms with Crippen molar-refractivity contribution in [1.29, 1.82) is 5.41 Å². The summed E-state index contributed by atoms with van der Waals surface area (Å²) in [6.45, 7) is 2.51. The summed E-state index contributed by atoms with van der Waals surface area (Å²) in [6, 6.07) is 12.2. The number of benzene rings is 2. The summed E-state index contributed by atoms with van der Waals surface area (Å²) in [7, 11) is -3.89. The van der Waals surface area contributed by atoms with E-state index >= 15 is 0 Å². The van der Waals surface area contributed by atoms with Crippen molar-refractivity contribution >= 4 is 27.7 Å². The number of carbonyl (C=O) groups excluding carboxylic acids is 2. The molecule has 2 aromatic carbocycles. The first kappa shape index (κ1) is 25.2. The third kappa shape index (κ3) is 6.33. The van der Waals surface area contributed by atoms with Gasteiger partial charge >= 0.3 is 0 Å². The molecule has 2 amide bonds. The summed E-state index contributed by atoms with van der Waals surface area (Å²) in [6.07, 6.45) is 1.16. The molecule has 11 heteroatoms. The van der Waals surface area contributed by atoms with E-state index in [9.17, 15) is 18.0 Å². The number of hydrogen-bond donors (Lipinski definition) is 4. The van der Waals surface area contributed by atoms with Gasteiger partial charge in [-0.3, -0.25) is 15.0 Å². The zero-order valence-electron chi connectivity index (χ0n) is 18.9. The first-order chi connectivity index (χ1) is 16.2. The molecule has 34 heavy (non-hydrogen) atoms. The van der Waals surface area contributed by atoms with Gasteiger partial charge in [-0.15, -0.1) is 0 Å². The van der Waals surface area contributed by atoms with E-state index in [1.54, 1.807) is 36.4 Å². The number of ether oxygens (including phenoxy) is 1. The Balaban J connectivity index is 1.54. The molecule has 0 unspecified atom stereocenters. The Morgan fingerprint density at radius 1 is 1.15 bits per heavy atom. The maximum atomic E-state index is 12.7. The van der Waals surface area contributed by atoms with E-state index < -0.39 is 28.5 Å². The molecule has 10 nitrogen and oxygen atoms in total. The fourth-order valence-electron chi connectivity index (χ4n) is 3.67. The minimum atomic E-state index is -3.89. The number of nitrogens with zero attached hydrogens (tertiary/aromatic N) is 1. The molecule has 0 aromatic heterocycles. The molecular weight excluding hydrogens is 458 g/mol.